The summed E-state index contributed by atoms with van der Waals surface area (Å²) in [7, 11) is 1.15. The van der Waals surface area contributed by atoms with Crippen molar-refractivity contribution in [3.8, 4) is 0 Å². The van der Waals surface area contributed by atoms with Gasteiger partial charge in [-0.3, -0.25) is 9.59 Å². The van der Waals surface area contributed by atoms with E-state index >= 15 is 0 Å². The number of carbonyl (C=O) groups is 4. The number of ether oxygens (including phenoxy) is 3. The lowest BCUT2D eigenvalue weighted by Crippen LogP contribution is -2.57. The van der Waals surface area contributed by atoms with E-state index in [1.807, 2.05) is 0 Å². The van der Waals surface area contributed by atoms with Gasteiger partial charge in [-0.25, -0.2) is 19.7 Å². The first kappa shape index (κ1) is 36.3. The molecular weight excluding hydrogens is 566 g/mol. The number of nitrogens with zero attached hydrogens (tertiary/aromatic N) is 2. The maximum atomic E-state index is 13.4. The lowest BCUT2D eigenvalue weighted by Gasteiger charge is -2.26. The van der Waals surface area contributed by atoms with Crippen LogP contribution in [0.2, 0.25) is 0 Å². The molecular formula is C27H41N7O9. The summed E-state index contributed by atoms with van der Waals surface area (Å²) in [5, 5.41) is 22.6. The number of hydrogen-bond donors (Lipinski definition) is 5. The number of rotatable bonds is 17. The minimum Gasteiger partial charge on any atom is -0.467 e. The van der Waals surface area contributed by atoms with Gasteiger partial charge in [0.25, 0.3) is 5.96 Å². The third kappa shape index (κ3) is 15.7. The number of methoxy groups -OCH3 is 1. The number of esters is 1. The van der Waals surface area contributed by atoms with Crippen molar-refractivity contribution in [3.63, 3.8) is 0 Å². The van der Waals surface area contributed by atoms with Crippen molar-refractivity contribution in [2.24, 2.45) is 10.8 Å². The van der Waals surface area contributed by atoms with E-state index in [0.717, 1.165) is 7.11 Å². The molecule has 0 saturated heterocycles. The third-order valence-corrected chi connectivity index (χ3v) is 5.41. The first-order chi connectivity index (χ1) is 20.2. The number of amides is 3. The highest BCUT2D eigenvalue weighted by atomic mass is 16.7. The molecule has 0 aromatic heterocycles. The minimum atomic E-state index is -1.23. The van der Waals surface area contributed by atoms with Crippen molar-refractivity contribution in [2.75, 3.05) is 26.9 Å². The fraction of sp³-hybridized carbons (Fsp3) is 0.519. The number of nitrogens with two attached hydrogens (primary N) is 1. The van der Waals surface area contributed by atoms with Crippen LogP contribution in [0.3, 0.4) is 0 Å². The Morgan fingerprint density at radius 2 is 1.70 bits per heavy atom. The van der Waals surface area contributed by atoms with Crippen LogP contribution in [0.1, 0.15) is 39.2 Å². The van der Waals surface area contributed by atoms with Crippen LogP contribution in [0, 0.1) is 10.1 Å². The van der Waals surface area contributed by atoms with Crippen LogP contribution in [0.25, 0.3) is 0 Å². The van der Waals surface area contributed by atoms with Gasteiger partial charge in [0, 0.05) is 13.0 Å². The average Bonchev–Trinajstić information content (AvgIpc) is 2.92. The van der Waals surface area contributed by atoms with E-state index in [1.54, 1.807) is 51.1 Å². The third-order valence-electron chi connectivity index (χ3n) is 5.41. The topological polar surface area (TPSA) is 226 Å². The number of nitro groups is 1. The Bertz CT molecular complexity index is 1120. The number of nitrogens with one attached hydrogen (secondary N) is 4. The Morgan fingerprint density at radius 3 is 2.28 bits per heavy atom. The van der Waals surface area contributed by atoms with Crippen LogP contribution in [-0.2, 0) is 35.0 Å². The van der Waals surface area contributed by atoms with Crippen molar-refractivity contribution < 1.29 is 38.4 Å². The van der Waals surface area contributed by atoms with Crippen molar-refractivity contribution in [1.82, 2.24) is 21.3 Å². The lowest BCUT2D eigenvalue weighted by molar-refractivity contribution is -0.485. The molecule has 1 aromatic rings. The molecule has 3 atom stereocenters. The zero-order valence-electron chi connectivity index (χ0n) is 24.8. The number of alkyl carbamates (subject to hydrolysis) is 1. The molecule has 43 heavy (non-hydrogen) atoms. The first-order valence-electron chi connectivity index (χ1n) is 13.4. The fourth-order valence-electron chi connectivity index (χ4n) is 3.54. The van der Waals surface area contributed by atoms with E-state index in [9.17, 15) is 29.3 Å². The molecule has 16 heteroatoms. The van der Waals surface area contributed by atoms with E-state index in [4.69, 9.17) is 19.9 Å². The van der Waals surface area contributed by atoms with E-state index in [1.165, 1.54) is 6.08 Å². The summed E-state index contributed by atoms with van der Waals surface area (Å²) in [6.45, 7) is 8.53. The normalized spacial score (nSPS) is 13.4. The van der Waals surface area contributed by atoms with Gasteiger partial charge in [-0.15, -0.1) is 6.58 Å². The summed E-state index contributed by atoms with van der Waals surface area (Å²) in [5.74, 6) is -2.59. The second kappa shape index (κ2) is 18.7. The highest BCUT2D eigenvalue weighted by Crippen LogP contribution is 2.09. The zero-order chi connectivity index (χ0) is 32.4. The van der Waals surface area contributed by atoms with Gasteiger partial charge in [-0.2, -0.15) is 0 Å². The van der Waals surface area contributed by atoms with Crippen molar-refractivity contribution in [3.05, 3.63) is 58.7 Å². The van der Waals surface area contributed by atoms with E-state index < -0.39 is 58.6 Å². The van der Waals surface area contributed by atoms with Crippen LogP contribution in [0.15, 0.2) is 48.1 Å². The highest BCUT2D eigenvalue weighted by Gasteiger charge is 2.31. The lowest BCUT2D eigenvalue weighted by atomic mass is 10.0. The molecule has 1 aromatic carbocycles. The number of guanidine groups is 1. The Balaban J connectivity index is 3.10. The average molecular weight is 608 g/mol. The summed E-state index contributed by atoms with van der Waals surface area (Å²) in [6, 6.07) is 5.32. The van der Waals surface area contributed by atoms with Crippen LogP contribution in [0.5, 0.6) is 0 Å². The van der Waals surface area contributed by atoms with Crippen LogP contribution < -0.4 is 27.0 Å². The standard InChI is InChI=1S/C27H41N7O9/c1-6-15-42-17-21(32-26(38)43-27(2,3)4)23(36)31-20(16-18-11-8-7-9-12-18)22(35)30-19(24(37)41-5)13-10-14-29-25(28)33-34(39)40/h6-9,11-12,19-21H,1,10,13-17H2,2-5H3,(H,30,35)(H,31,36)(H,32,38)(H3,28,29,33). The Morgan fingerprint density at radius 1 is 1.07 bits per heavy atom. The van der Waals surface area contributed by atoms with Gasteiger partial charge in [0.05, 0.1) is 20.3 Å². The summed E-state index contributed by atoms with van der Waals surface area (Å²) >= 11 is 0. The van der Waals surface area contributed by atoms with E-state index in [0.29, 0.717) is 5.56 Å². The van der Waals surface area contributed by atoms with Crippen LogP contribution in [0.4, 0.5) is 4.79 Å². The Hall–Kier alpha value is -4.73. The van der Waals surface area contributed by atoms with Crippen molar-refractivity contribution >= 4 is 29.8 Å². The molecule has 0 heterocycles. The summed E-state index contributed by atoms with van der Waals surface area (Å²) in [4.78, 5) is 62.1. The second-order valence-corrected chi connectivity index (χ2v) is 10.2. The quantitative estimate of drug-likeness (QED) is 0.0309. The molecule has 0 fully saturated rings. The smallest absolute Gasteiger partial charge is 0.408 e. The molecule has 16 nitrogen and oxygen atoms in total. The number of hydrazone groups is 1. The van der Waals surface area contributed by atoms with Gasteiger partial charge in [-0.05, 0) is 39.2 Å². The number of benzene rings is 1. The maximum Gasteiger partial charge on any atom is 0.408 e. The summed E-state index contributed by atoms with van der Waals surface area (Å²) < 4.78 is 15.5. The largest absolute Gasteiger partial charge is 0.467 e. The molecule has 1 rings (SSSR count). The Kier molecular flexibility index (Phi) is 15.7. The predicted molar refractivity (Wildman–Crippen MR) is 156 cm³/mol. The molecule has 0 spiro atoms. The van der Waals surface area contributed by atoms with Gasteiger partial charge >= 0.3 is 12.1 Å². The van der Waals surface area contributed by atoms with Gasteiger partial charge in [0.15, 0.2) is 5.03 Å². The van der Waals surface area contributed by atoms with E-state index in [2.05, 4.69) is 32.9 Å². The van der Waals surface area contributed by atoms with E-state index in [-0.39, 0.29) is 39.0 Å². The number of hydrogen-bond acceptors (Lipinski definition) is 9. The maximum absolute atomic E-state index is 13.4. The SMILES string of the molecule is C=CCOCC(NC(=O)OC(C)(C)C)C(=O)NC(Cc1ccccc1)C(=O)NC(CCCN/C(N)=N/[N+](=O)[O-])C(=O)OC. The molecule has 0 aliphatic heterocycles. The van der Waals surface area contributed by atoms with Crippen molar-refractivity contribution in [1.29, 1.82) is 0 Å². The summed E-state index contributed by atoms with van der Waals surface area (Å²) in [5.41, 5.74) is 5.27. The molecule has 6 N–H and O–H groups in total. The minimum absolute atomic E-state index is 0.0500. The Labute approximate surface area is 249 Å². The van der Waals surface area contributed by atoms with Gasteiger partial charge < -0.3 is 41.2 Å². The van der Waals surface area contributed by atoms with Gasteiger partial charge in [0.1, 0.15) is 28.8 Å². The summed E-state index contributed by atoms with van der Waals surface area (Å²) in [6.07, 6.45) is 0.976. The molecule has 0 radical (unpaired) electrons. The second-order valence-electron chi connectivity index (χ2n) is 10.2. The molecule has 0 aliphatic carbocycles. The molecule has 238 valence electrons. The first-order valence-corrected chi connectivity index (χ1v) is 13.4. The molecule has 3 amide bonds. The van der Waals surface area contributed by atoms with Crippen LogP contribution >= 0.6 is 0 Å². The number of carbonyl (C=O) groups excluding carboxylic acids is 4. The molecule has 0 aliphatic rings. The molecule has 3 unspecified atom stereocenters. The zero-order valence-corrected chi connectivity index (χ0v) is 24.8. The predicted octanol–water partition coefficient (Wildman–Crippen LogP) is 0.344. The van der Waals surface area contributed by atoms with Crippen molar-refractivity contribution in [2.45, 2.75) is 63.8 Å². The monoisotopic (exact) mass is 607 g/mol. The van der Waals surface area contributed by atoms with Gasteiger partial charge in [-0.1, -0.05) is 36.4 Å². The highest BCUT2D eigenvalue weighted by molar-refractivity contribution is 5.93. The fourth-order valence-corrected chi connectivity index (χ4v) is 3.54. The molecule has 0 saturated carbocycles. The van der Waals surface area contributed by atoms with Gasteiger partial charge in [0.2, 0.25) is 11.8 Å². The molecule has 0 bridgehead atoms. The van der Waals surface area contributed by atoms with Crippen LogP contribution in [-0.4, -0.2) is 85.5 Å².